The summed E-state index contributed by atoms with van der Waals surface area (Å²) in [7, 11) is 1.78. The molecule has 0 unspecified atom stereocenters. The molecule has 1 N–H and O–H groups in total. The number of nitrogens with zero attached hydrogens (tertiary/aromatic N) is 4. The average Bonchev–Trinajstić information content (AvgIpc) is 2.95. The SMILES string of the molecule is Cn1cc(-c2nc3cc(Cl)c(Cl)cc3n2CC(=O)O)cn1. The minimum atomic E-state index is -0.967. The van der Waals surface area contributed by atoms with Crippen molar-refractivity contribution < 1.29 is 9.90 Å². The largest absolute Gasteiger partial charge is 0.480 e. The van der Waals surface area contributed by atoms with Crippen molar-refractivity contribution in [3.8, 4) is 11.4 Å². The van der Waals surface area contributed by atoms with Crippen LogP contribution in [0.1, 0.15) is 0 Å². The van der Waals surface area contributed by atoms with Gasteiger partial charge in [0.05, 0.1) is 32.8 Å². The van der Waals surface area contributed by atoms with Crippen molar-refractivity contribution in [1.82, 2.24) is 19.3 Å². The molecule has 0 radical (unpaired) electrons. The summed E-state index contributed by atoms with van der Waals surface area (Å²) in [6, 6.07) is 3.24. The molecule has 0 amide bonds. The number of rotatable bonds is 3. The first kappa shape index (κ1) is 13.9. The molecule has 3 aromatic rings. The van der Waals surface area contributed by atoms with Gasteiger partial charge >= 0.3 is 5.97 Å². The smallest absolute Gasteiger partial charge is 0.323 e. The van der Waals surface area contributed by atoms with Crippen LogP contribution in [0.3, 0.4) is 0 Å². The number of hydrogen-bond acceptors (Lipinski definition) is 3. The van der Waals surface area contributed by atoms with E-state index in [4.69, 9.17) is 28.3 Å². The van der Waals surface area contributed by atoms with Crippen LogP contribution >= 0.6 is 23.2 Å². The van der Waals surface area contributed by atoms with E-state index in [9.17, 15) is 4.79 Å². The van der Waals surface area contributed by atoms with E-state index in [1.165, 1.54) is 0 Å². The fourth-order valence-corrected chi connectivity index (χ4v) is 2.49. The third-order valence-electron chi connectivity index (χ3n) is 3.05. The van der Waals surface area contributed by atoms with Gasteiger partial charge in [-0.05, 0) is 12.1 Å². The minimum absolute atomic E-state index is 0.224. The number of halogens is 2. The summed E-state index contributed by atoms with van der Waals surface area (Å²) >= 11 is 12.0. The van der Waals surface area contributed by atoms with E-state index in [2.05, 4.69) is 10.1 Å². The van der Waals surface area contributed by atoms with Crippen molar-refractivity contribution >= 4 is 40.2 Å². The number of aromatic nitrogens is 4. The molecule has 21 heavy (non-hydrogen) atoms. The average molecular weight is 325 g/mol. The lowest BCUT2D eigenvalue weighted by molar-refractivity contribution is -0.137. The number of benzene rings is 1. The van der Waals surface area contributed by atoms with E-state index in [0.29, 0.717) is 26.9 Å². The molecular weight excluding hydrogens is 315 g/mol. The number of carboxylic acids is 1. The van der Waals surface area contributed by atoms with Gasteiger partial charge in [-0.15, -0.1) is 0 Å². The van der Waals surface area contributed by atoms with Crippen molar-refractivity contribution in [3.63, 3.8) is 0 Å². The summed E-state index contributed by atoms with van der Waals surface area (Å²) in [5, 5.41) is 13.9. The lowest BCUT2D eigenvalue weighted by Gasteiger charge is -2.05. The number of aliphatic carboxylic acids is 1. The number of carbonyl (C=O) groups is 1. The molecule has 0 aliphatic carbocycles. The van der Waals surface area contributed by atoms with Crippen LogP contribution in [0.5, 0.6) is 0 Å². The molecule has 0 spiro atoms. The molecule has 2 aromatic heterocycles. The van der Waals surface area contributed by atoms with Gasteiger partial charge in [0.1, 0.15) is 12.4 Å². The second kappa shape index (κ2) is 5.05. The van der Waals surface area contributed by atoms with Crippen LogP contribution < -0.4 is 0 Å². The maximum absolute atomic E-state index is 11.1. The number of fused-ring (bicyclic) bond motifs is 1. The molecule has 0 fully saturated rings. The molecule has 8 heteroatoms. The second-order valence-electron chi connectivity index (χ2n) is 4.57. The third kappa shape index (κ3) is 2.48. The molecule has 6 nitrogen and oxygen atoms in total. The zero-order valence-corrected chi connectivity index (χ0v) is 12.4. The second-order valence-corrected chi connectivity index (χ2v) is 5.39. The van der Waals surface area contributed by atoms with Crippen molar-refractivity contribution in [3.05, 3.63) is 34.6 Å². The van der Waals surface area contributed by atoms with Gasteiger partial charge in [0.15, 0.2) is 0 Å². The van der Waals surface area contributed by atoms with Gasteiger partial charge in [-0.3, -0.25) is 9.48 Å². The Morgan fingerprint density at radius 3 is 2.67 bits per heavy atom. The summed E-state index contributed by atoms with van der Waals surface area (Å²) in [5.41, 5.74) is 1.93. The fourth-order valence-electron chi connectivity index (χ4n) is 2.17. The highest BCUT2D eigenvalue weighted by molar-refractivity contribution is 6.42. The number of hydrogen-bond donors (Lipinski definition) is 1. The lowest BCUT2D eigenvalue weighted by atomic mass is 10.3. The molecule has 2 heterocycles. The van der Waals surface area contributed by atoms with Gasteiger partial charge in [0, 0.05) is 13.2 Å². The van der Waals surface area contributed by atoms with Crippen molar-refractivity contribution in [2.24, 2.45) is 7.05 Å². The van der Waals surface area contributed by atoms with Gasteiger partial charge in [0.25, 0.3) is 0 Å². The Balaban J connectivity index is 2.29. The Hall–Kier alpha value is -2.05. The quantitative estimate of drug-likeness (QED) is 0.804. The van der Waals surface area contributed by atoms with Gasteiger partial charge in [0.2, 0.25) is 0 Å². The van der Waals surface area contributed by atoms with E-state index >= 15 is 0 Å². The molecule has 0 saturated heterocycles. The lowest BCUT2D eigenvalue weighted by Crippen LogP contribution is -2.09. The molecule has 0 saturated carbocycles. The molecule has 3 rings (SSSR count). The first-order valence-corrected chi connectivity index (χ1v) is 6.77. The molecule has 1 aromatic carbocycles. The van der Waals surface area contributed by atoms with Crippen LogP contribution in [0, 0.1) is 0 Å². The van der Waals surface area contributed by atoms with E-state index < -0.39 is 5.97 Å². The Kier molecular flexibility index (Phi) is 3.35. The zero-order chi connectivity index (χ0) is 15.1. The van der Waals surface area contributed by atoms with Gasteiger partial charge in [-0.1, -0.05) is 23.2 Å². The van der Waals surface area contributed by atoms with E-state index in [1.807, 2.05) is 0 Å². The molecule has 108 valence electrons. The van der Waals surface area contributed by atoms with Crippen LogP contribution in [0.15, 0.2) is 24.5 Å². The van der Waals surface area contributed by atoms with Gasteiger partial charge in [-0.2, -0.15) is 5.10 Å². The highest BCUT2D eigenvalue weighted by Gasteiger charge is 2.17. The van der Waals surface area contributed by atoms with E-state index in [1.54, 1.807) is 40.8 Å². The standard InChI is InChI=1S/C13H10Cl2N4O2/c1-18-5-7(4-16-18)13-17-10-2-8(14)9(15)3-11(10)19(13)6-12(20)21/h2-5H,6H2,1H3,(H,20,21). The van der Waals surface area contributed by atoms with Crippen LogP contribution in [-0.4, -0.2) is 30.4 Å². The van der Waals surface area contributed by atoms with Crippen LogP contribution in [0.2, 0.25) is 10.0 Å². The maximum Gasteiger partial charge on any atom is 0.323 e. The summed E-state index contributed by atoms with van der Waals surface area (Å²) in [6.07, 6.45) is 3.39. The minimum Gasteiger partial charge on any atom is -0.480 e. The Bertz CT molecular complexity index is 853. The topological polar surface area (TPSA) is 72.9 Å². The maximum atomic E-state index is 11.1. The van der Waals surface area contributed by atoms with Crippen molar-refractivity contribution in [2.75, 3.05) is 0 Å². The Labute approximate surface area is 129 Å². The number of aryl methyl sites for hydroxylation is 1. The summed E-state index contributed by atoms with van der Waals surface area (Å²) < 4.78 is 3.20. The molecule has 0 atom stereocenters. The zero-order valence-electron chi connectivity index (χ0n) is 10.9. The van der Waals surface area contributed by atoms with E-state index in [0.717, 1.165) is 5.56 Å². The number of imidazole rings is 1. The molecular formula is C13H10Cl2N4O2. The normalized spacial score (nSPS) is 11.2. The summed E-state index contributed by atoms with van der Waals surface area (Å²) in [6.45, 7) is -0.224. The van der Waals surface area contributed by atoms with Crippen LogP contribution in [0.25, 0.3) is 22.4 Å². The van der Waals surface area contributed by atoms with Gasteiger partial charge < -0.3 is 9.67 Å². The van der Waals surface area contributed by atoms with Crippen LogP contribution in [-0.2, 0) is 18.4 Å². The first-order valence-electron chi connectivity index (χ1n) is 6.02. The predicted octanol–water partition coefficient (Wildman–Crippen LogP) is 2.83. The highest BCUT2D eigenvalue weighted by atomic mass is 35.5. The Morgan fingerprint density at radius 2 is 2.05 bits per heavy atom. The van der Waals surface area contributed by atoms with E-state index in [-0.39, 0.29) is 6.54 Å². The van der Waals surface area contributed by atoms with Crippen LogP contribution in [0.4, 0.5) is 0 Å². The Morgan fingerprint density at radius 1 is 1.33 bits per heavy atom. The highest BCUT2D eigenvalue weighted by Crippen LogP contribution is 2.31. The monoisotopic (exact) mass is 324 g/mol. The summed E-state index contributed by atoms with van der Waals surface area (Å²) in [5.74, 6) is -0.454. The predicted molar refractivity (Wildman–Crippen MR) is 79.6 cm³/mol. The first-order chi connectivity index (χ1) is 9.95. The van der Waals surface area contributed by atoms with Gasteiger partial charge in [-0.25, -0.2) is 4.98 Å². The summed E-state index contributed by atoms with van der Waals surface area (Å²) in [4.78, 5) is 15.6. The molecule has 0 aliphatic heterocycles. The fraction of sp³-hybridized carbons (Fsp3) is 0.154. The van der Waals surface area contributed by atoms with Crippen molar-refractivity contribution in [1.29, 1.82) is 0 Å². The molecule has 0 bridgehead atoms. The third-order valence-corrected chi connectivity index (χ3v) is 3.77. The van der Waals surface area contributed by atoms with Crippen molar-refractivity contribution in [2.45, 2.75) is 6.54 Å². The number of carboxylic acid groups (broad SMARTS) is 1. The molecule has 0 aliphatic rings.